The Morgan fingerprint density at radius 3 is 1.81 bits per heavy atom. The Morgan fingerprint density at radius 1 is 0.716 bits per heavy atom. The van der Waals surface area contributed by atoms with Crippen molar-refractivity contribution in [3.63, 3.8) is 0 Å². The maximum atomic E-state index is 13.8. The van der Waals surface area contributed by atoms with Crippen LogP contribution >= 0.6 is 23.2 Å². The molecule has 8 rings (SSSR count). The van der Waals surface area contributed by atoms with Gasteiger partial charge in [0.2, 0.25) is 17.7 Å². The molecule has 0 unspecified atom stereocenters. The van der Waals surface area contributed by atoms with E-state index in [0.29, 0.717) is 54.2 Å². The van der Waals surface area contributed by atoms with E-state index in [-0.39, 0.29) is 41.1 Å². The van der Waals surface area contributed by atoms with Crippen molar-refractivity contribution < 1.29 is 14.4 Å². The van der Waals surface area contributed by atoms with Crippen molar-refractivity contribution in [2.75, 3.05) is 26.2 Å². The Kier molecular flexibility index (Phi) is 18.1. The van der Waals surface area contributed by atoms with Crippen molar-refractivity contribution in [2.24, 2.45) is 28.7 Å². The van der Waals surface area contributed by atoms with E-state index in [1.807, 2.05) is 69.3 Å². The van der Waals surface area contributed by atoms with Crippen LogP contribution in [-0.4, -0.2) is 101 Å². The molecule has 2 saturated heterocycles. The fraction of sp³-hybridized carbons (Fsp3) is 0.588. The van der Waals surface area contributed by atoms with Gasteiger partial charge >= 0.3 is 0 Å². The number of rotatable bonds is 16. The summed E-state index contributed by atoms with van der Waals surface area (Å²) in [6.45, 7) is 7.34. The first-order valence-electron chi connectivity index (χ1n) is 24.6. The minimum atomic E-state index is -0.655. The molecule has 4 heterocycles. The summed E-state index contributed by atoms with van der Waals surface area (Å²) in [5, 5.41) is 13.2. The smallest absolute Gasteiger partial charge is 0.245 e. The molecular formula is C51H71Cl2N11O3. The van der Waals surface area contributed by atoms with Crippen LogP contribution in [0.15, 0.2) is 86.5 Å². The fourth-order valence-corrected chi connectivity index (χ4v) is 11.8. The lowest BCUT2D eigenvalue weighted by atomic mass is 9.63. The SMILES string of the molecule is C=CC[C@@H](N)CC(=O)N[C@H](Cc1ccc(Cl)cc1)C(=O)N1CCC(Cn2cncn2)(C2CCCCC2)CC1.N[C@H](Cc1ccc(Cl)cc1)C(=O)N1CCC(C2CCCCC2)(n2cncn2)CC1. The summed E-state index contributed by atoms with van der Waals surface area (Å²) >= 11 is 12.0. The molecule has 4 aliphatic rings. The number of hydrogen-bond acceptors (Lipinski definition) is 9. The van der Waals surface area contributed by atoms with Gasteiger partial charge in [-0.2, -0.15) is 10.2 Å². The Bertz CT molecular complexity index is 2140. The number of likely N-dealkylation sites (tertiary alicyclic amines) is 2. The first-order valence-corrected chi connectivity index (χ1v) is 25.4. The Hall–Kier alpha value is -4.63. The van der Waals surface area contributed by atoms with Crippen molar-refractivity contribution in [2.45, 2.75) is 146 Å². The molecule has 67 heavy (non-hydrogen) atoms. The number of hydrogen-bond donors (Lipinski definition) is 3. The molecule has 362 valence electrons. The number of carbonyl (C=O) groups excluding carboxylic acids is 3. The summed E-state index contributed by atoms with van der Waals surface area (Å²) < 4.78 is 4.04. The molecule has 16 heteroatoms. The molecule has 2 saturated carbocycles. The maximum Gasteiger partial charge on any atom is 0.245 e. The van der Waals surface area contributed by atoms with Gasteiger partial charge in [-0.25, -0.2) is 14.6 Å². The molecule has 2 aromatic heterocycles. The molecule has 5 N–H and O–H groups in total. The number of aromatic nitrogens is 6. The number of nitrogens with zero attached hydrogens (tertiary/aromatic N) is 8. The van der Waals surface area contributed by atoms with Gasteiger partial charge in [0.15, 0.2) is 0 Å². The molecule has 2 aromatic carbocycles. The average molecular weight is 957 g/mol. The van der Waals surface area contributed by atoms with Crippen molar-refractivity contribution in [1.82, 2.24) is 44.6 Å². The second-order valence-corrected chi connectivity index (χ2v) is 20.5. The molecular weight excluding hydrogens is 886 g/mol. The van der Waals surface area contributed by atoms with Crippen LogP contribution in [0.1, 0.15) is 114 Å². The zero-order chi connectivity index (χ0) is 47.2. The number of halogens is 2. The quantitative estimate of drug-likeness (QED) is 0.0956. The highest BCUT2D eigenvalue weighted by atomic mass is 35.5. The summed E-state index contributed by atoms with van der Waals surface area (Å²) in [6.07, 6.45) is 26.6. The van der Waals surface area contributed by atoms with Gasteiger partial charge < -0.3 is 26.6 Å². The van der Waals surface area contributed by atoms with Crippen molar-refractivity contribution in [3.05, 3.63) is 108 Å². The van der Waals surface area contributed by atoms with E-state index in [9.17, 15) is 14.4 Å². The molecule has 3 atom stereocenters. The number of amides is 3. The number of nitrogens with two attached hydrogens (primary N) is 2. The highest BCUT2D eigenvalue weighted by Gasteiger charge is 2.46. The predicted molar refractivity (Wildman–Crippen MR) is 263 cm³/mol. The lowest BCUT2D eigenvalue weighted by molar-refractivity contribution is -0.139. The van der Waals surface area contributed by atoms with Gasteiger partial charge in [0.05, 0.1) is 11.6 Å². The van der Waals surface area contributed by atoms with Crippen LogP contribution in [0.3, 0.4) is 0 Å². The fourth-order valence-electron chi connectivity index (χ4n) is 11.5. The van der Waals surface area contributed by atoms with Crippen LogP contribution < -0.4 is 16.8 Å². The standard InChI is InChI=1S/C29H41ClN6O2.C22H30ClN5O/c1-2-6-25(31)18-27(37)34-26(17-22-9-11-24(30)12-10-22)28(38)35-15-13-29(14-16-35,19-36-21-32-20-33-36)23-7-4-3-5-8-23;23-19-8-6-17(7-9-19)14-20(24)21(29)27-12-10-22(11-13-27,28-16-25-15-26-28)18-4-2-1-3-5-18/h2,9-12,20-21,23,25-26H,1,3-8,13-19,31H2,(H,34,37);6-9,15-16,18,20H,1-5,10-14,24H2/t25-,26-;20-/m11/s1. The van der Waals surface area contributed by atoms with Crippen LogP contribution in [0.5, 0.6) is 0 Å². The molecule has 0 spiro atoms. The van der Waals surface area contributed by atoms with Gasteiger partial charge in [-0.1, -0.05) is 92.1 Å². The van der Waals surface area contributed by atoms with Crippen LogP contribution in [0.2, 0.25) is 10.0 Å². The van der Waals surface area contributed by atoms with Crippen LogP contribution in [0, 0.1) is 17.3 Å². The Morgan fingerprint density at radius 2 is 1.25 bits per heavy atom. The van der Waals surface area contributed by atoms with E-state index in [2.05, 4.69) is 36.7 Å². The number of carbonyl (C=O) groups is 3. The summed E-state index contributed by atoms with van der Waals surface area (Å²) in [7, 11) is 0. The van der Waals surface area contributed by atoms with Crippen LogP contribution in [0.25, 0.3) is 0 Å². The zero-order valence-electron chi connectivity index (χ0n) is 39.1. The molecule has 0 bridgehead atoms. The largest absolute Gasteiger partial charge is 0.344 e. The average Bonchev–Trinajstić information content (AvgIpc) is 4.10. The molecule has 4 aromatic rings. The molecule has 3 amide bonds. The van der Waals surface area contributed by atoms with Crippen molar-refractivity contribution in [1.29, 1.82) is 0 Å². The molecule has 2 aliphatic heterocycles. The summed E-state index contributed by atoms with van der Waals surface area (Å²) in [4.78, 5) is 51.9. The highest BCUT2D eigenvalue weighted by molar-refractivity contribution is 6.30. The third kappa shape index (κ3) is 13.3. The first kappa shape index (κ1) is 50.3. The predicted octanol–water partition coefficient (Wildman–Crippen LogP) is 7.54. The third-order valence-electron chi connectivity index (χ3n) is 15.3. The lowest BCUT2D eigenvalue weighted by Crippen LogP contribution is -2.55. The third-order valence-corrected chi connectivity index (χ3v) is 15.8. The van der Waals surface area contributed by atoms with Crippen LogP contribution in [-0.2, 0) is 39.3 Å². The molecule has 2 aliphatic carbocycles. The maximum absolute atomic E-state index is 13.8. The number of piperidine rings is 2. The second-order valence-electron chi connectivity index (χ2n) is 19.6. The topological polar surface area (TPSA) is 183 Å². The molecule has 0 radical (unpaired) electrons. The Balaban J connectivity index is 0.000000206. The van der Waals surface area contributed by atoms with Gasteiger partial charge in [-0.15, -0.1) is 6.58 Å². The van der Waals surface area contributed by atoms with E-state index in [1.165, 1.54) is 64.2 Å². The van der Waals surface area contributed by atoms with E-state index in [0.717, 1.165) is 56.4 Å². The van der Waals surface area contributed by atoms with E-state index < -0.39 is 12.1 Å². The first-order chi connectivity index (χ1) is 32.5. The van der Waals surface area contributed by atoms with Gasteiger partial charge in [-0.05, 0) is 117 Å². The van der Waals surface area contributed by atoms with Gasteiger partial charge in [0.25, 0.3) is 0 Å². The number of nitrogens with one attached hydrogen (secondary N) is 1. The van der Waals surface area contributed by atoms with Crippen molar-refractivity contribution >= 4 is 40.9 Å². The van der Waals surface area contributed by atoms with Gasteiger partial charge in [-0.3, -0.25) is 19.1 Å². The highest BCUT2D eigenvalue weighted by Crippen LogP contribution is 2.47. The van der Waals surface area contributed by atoms with E-state index in [1.54, 1.807) is 25.1 Å². The lowest BCUT2D eigenvalue weighted by Gasteiger charge is -2.48. The van der Waals surface area contributed by atoms with E-state index in [4.69, 9.17) is 34.7 Å². The zero-order valence-corrected chi connectivity index (χ0v) is 40.6. The summed E-state index contributed by atoms with van der Waals surface area (Å²) in [6, 6.07) is 13.5. The molecule has 4 fully saturated rings. The minimum absolute atomic E-state index is 0.0199. The number of benzene rings is 2. The minimum Gasteiger partial charge on any atom is -0.344 e. The van der Waals surface area contributed by atoms with Crippen molar-refractivity contribution in [3.8, 4) is 0 Å². The molecule has 14 nitrogen and oxygen atoms in total. The monoisotopic (exact) mass is 956 g/mol. The van der Waals surface area contributed by atoms with Gasteiger partial charge in [0, 0.05) is 61.7 Å². The van der Waals surface area contributed by atoms with E-state index >= 15 is 0 Å². The normalized spacial score (nSPS) is 20.2. The van der Waals surface area contributed by atoms with Gasteiger partial charge in [0.1, 0.15) is 31.4 Å². The summed E-state index contributed by atoms with van der Waals surface area (Å²) in [5.41, 5.74) is 14.4. The second kappa shape index (κ2) is 24.1. The Labute approximate surface area is 406 Å². The van der Waals surface area contributed by atoms with Crippen LogP contribution in [0.4, 0.5) is 0 Å². The summed E-state index contributed by atoms with van der Waals surface area (Å²) in [5.74, 6) is 1.03.